The third-order valence-corrected chi connectivity index (χ3v) is 3.26. The van der Waals surface area contributed by atoms with Crippen molar-refractivity contribution in [3.63, 3.8) is 0 Å². The molecular formula is C17H16Cl2N2O. The molecule has 0 bridgehead atoms. The smallest absolute Gasteiger partial charge is 0.251 e. The lowest BCUT2D eigenvalue weighted by atomic mass is 10.0. The van der Waals surface area contributed by atoms with Crippen molar-refractivity contribution in [2.75, 3.05) is 7.05 Å². The van der Waals surface area contributed by atoms with Crippen LogP contribution in [0.5, 0.6) is 0 Å². The van der Waals surface area contributed by atoms with E-state index < -0.39 is 0 Å². The van der Waals surface area contributed by atoms with Crippen molar-refractivity contribution in [1.82, 2.24) is 10.3 Å². The van der Waals surface area contributed by atoms with E-state index in [1.54, 1.807) is 7.05 Å². The number of carbonyl (C=O) groups is 1. The molecule has 3 nitrogen and oxygen atoms in total. The van der Waals surface area contributed by atoms with Crippen molar-refractivity contribution in [3.05, 3.63) is 66.2 Å². The Bertz CT molecular complexity index is 776. The molecule has 0 radical (unpaired) electrons. The van der Waals surface area contributed by atoms with Crippen LogP contribution in [0.3, 0.4) is 0 Å². The Hall–Kier alpha value is -2.10. The van der Waals surface area contributed by atoms with Gasteiger partial charge in [0.15, 0.2) is 0 Å². The normalized spacial score (nSPS) is 9.50. The van der Waals surface area contributed by atoms with Crippen LogP contribution in [0.25, 0.3) is 22.2 Å². The zero-order chi connectivity index (χ0) is 13.9. The maximum atomic E-state index is 12.1. The van der Waals surface area contributed by atoms with Crippen LogP contribution in [0.15, 0.2) is 60.7 Å². The highest BCUT2D eigenvalue weighted by molar-refractivity contribution is 6.07. The molecule has 1 aromatic heterocycles. The number of carbonyl (C=O) groups excluding carboxylic acids is 1. The third kappa shape index (κ3) is 3.38. The molecule has 0 atom stereocenters. The number of rotatable bonds is 2. The molecule has 1 heterocycles. The molecule has 0 aliphatic carbocycles. The summed E-state index contributed by atoms with van der Waals surface area (Å²) in [5, 5.41) is 3.55. The van der Waals surface area contributed by atoms with E-state index in [2.05, 4.69) is 10.3 Å². The van der Waals surface area contributed by atoms with E-state index in [1.165, 1.54) is 0 Å². The van der Waals surface area contributed by atoms with Crippen molar-refractivity contribution >= 4 is 41.6 Å². The average molecular weight is 335 g/mol. The molecular weight excluding hydrogens is 319 g/mol. The van der Waals surface area contributed by atoms with Gasteiger partial charge in [-0.2, -0.15) is 0 Å². The van der Waals surface area contributed by atoms with Crippen molar-refractivity contribution in [2.45, 2.75) is 0 Å². The summed E-state index contributed by atoms with van der Waals surface area (Å²) in [6, 6.07) is 19.4. The summed E-state index contributed by atoms with van der Waals surface area (Å²) in [5.74, 6) is -0.0965. The topological polar surface area (TPSA) is 42.0 Å². The molecule has 0 spiro atoms. The summed E-state index contributed by atoms with van der Waals surface area (Å²) < 4.78 is 0. The molecule has 114 valence electrons. The van der Waals surface area contributed by atoms with Crippen molar-refractivity contribution in [2.24, 2.45) is 0 Å². The Kier molecular flexibility index (Phi) is 6.35. The highest BCUT2D eigenvalue weighted by atomic mass is 35.5. The largest absolute Gasteiger partial charge is 0.355 e. The van der Waals surface area contributed by atoms with Gasteiger partial charge >= 0.3 is 0 Å². The van der Waals surface area contributed by atoms with E-state index in [1.807, 2.05) is 60.7 Å². The molecule has 5 heteroatoms. The molecule has 0 saturated carbocycles. The molecule has 0 unspecified atom stereocenters. The molecule has 3 aromatic rings. The maximum absolute atomic E-state index is 12.1. The minimum atomic E-state index is -0.0965. The van der Waals surface area contributed by atoms with Gasteiger partial charge in [0, 0.05) is 18.0 Å². The van der Waals surface area contributed by atoms with E-state index in [9.17, 15) is 4.79 Å². The van der Waals surface area contributed by atoms with Gasteiger partial charge in [0.25, 0.3) is 5.91 Å². The van der Waals surface area contributed by atoms with Gasteiger partial charge in [-0.3, -0.25) is 4.79 Å². The van der Waals surface area contributed by atoms with Crippen molar-refractivity contribution < 1.29 is 4.79 Å². The number of aromatic nitrogens is 1. The van der Waals surface area contributed by atoms with Gasteiger partial charge in [-0.15, -0.1) is 24.8 Å². The third-order valence-electron chi connectivity index (χ3n) is 3.26. The Morgan fingerprint density at radius 1 is 0.955 bits per heavy atom. The summed E-state index contributed by atoms with van der Waals surface area (Å²) in [4.78, 5) is 16.7. The average Bonchev–Trinajstić information content (AvgIpc) is 2.54. The second kappa shape index (κ2) is 7.78. The van der Waals surface area contributed by atoms with Crippen molar-refractivity contribution in [3.8, 4) is 11.3 Å². The van der Waals surface area contributed by atoms with Crippen LogP contribution in [-0.2, 0) is 0 Å². The number of halogens is 2. The standard InChI is InChI=1S/C17H14N2O.2ClH/c1-18-17(20)14-11-16(12-7-3-2-4-8-12)19-15-10-6-5-9-13(14)15;;/h2-11H,1H3,(H,18,20);2*1H. The lowest BCUT2D eigenvalue weighted by Crippen LogP contribution is -2.18. The molecule has 22 heavy (non-hydrogen) atoms. The van der Waals surface area contributed by atoms with Crippen LogP contribution in [0.2, 0.25) is 0 Å². The second-order valence-corrected chi connectivity index (χ2v) is 4.52. The molecule has 0 saturated heterocycles. The molecule has 0 aliphatic heterocycles. The fraction of sp³-hybridized carbons (Fsp3) is 0.0588. The minimum absolute atomic E-state index is 0. The first-order valence-corrected chi connectivity index (χ1v) is 6.47. The zero-order valence-electron chi connectivity index (χ0n) is 11.9. The number of pyridine rings is 1. The summed E-state index contributed by atoms with van der Waals surface area (Å²) in [7, 11) is 1.64. The second-order valence-electron chi connectivity index (χ2n) is 4.52. The fourth-order valence-corrected chi connectivity index (χ4v) is 2.25. The van der Waals surface area contributed by atoms with Gasteiger partial charge in [0.05, 0.1) is 16.8 Å². The lowest BCUT2D eigenvalue weighted by Gasteiger charge is -2.08. The predicted octanol–water partition coefficient (Wildman–Crippen LogP) is 4.11. The highest BCUT2D eigenvalue weighted by Crippen LogP contribution is 2.24. The Morgan fingerprint density at radius 3 is 2.27 bits per heavy atom. The zero-order valence-corrected chi connectivity index (χ0v) is 13.6. The highest BCUT2D eigenvalue weighted by Gasteiger charge is 2.12. The number of fused-ring (bicyclic) bond motifs is 1. The number of hydrogen-bond acceptors (Lipinski definition) is 2. The molecule has 3 rings (SSSR count). The Balaban J connectivity index is 0.00000121. The first-order chi connectivity index (χ1) is 9.79. The minimum Gasteiger partial charge on any atom is -0.355 e. The van der Waals surface area contributed by atoms with Crippen LogP contribution in [0, 0.1) is 0 Å². The van der Waals surface area contributed by atoms with E-state index in [0.29, 0.717) is 5.56 Å². The summed E-state index contributed by atoms with van der Waals surface area (Å²) in [5.41, 5.74) is 3.29. The van der Waals surface area contributed by atoms with Gasteiger partial charge in [0.2, 0.25) is 0 Å². The number of amides is 1. The van der Waals surface area contributed by atoms with Crippen LogP contribution < -0.4 is 5.32 Å². The number of para-hydroxylation sites is 1. The van der Waals surface area contributed by atoms with Crippen molar-refractivity contribution in [1.29, 1.82) is 0 Å². The number of nitrogens with zero attached hydrogens (tertiary/aromatic N) is 1. The molecule has 0 fully saturated rings. The monoisotopic (exact) mass is 334 g/mol. The van der Waals surface area contributed by atoms with Gasteiger partial charge in [0.1, 0.15) is 0 Å². The first kappa shape index (κ1) is 18.0. The van der Waals surface area contributed by atoms with Crippen LogP contribution in [0.1, 0.15) is 10.4 Å². The first-order valence-electron chi connectivity index (χ1n) is 6.47. The van der Waals surface area contributed by atoms with E-state index in [4.69, 9.17) is 0 Å². The van der Waals surface area contributed by atoms with E-state index in [-0.39, 0.29) is 30.7 Å². The van der Waals surface area contributed by atoms with Crippen LogP contribution >= 0.6 is 24.8 Å². The Morgan fingerprint density at radius 2 is 1.59 bits per heavy atom. The maximum Gasteiger partial charge on any atom is 0.251 e. The van der Waals surface area contributed by atoms with E-state index >= 15 is 0 Å². The van der Waals surface area contributed by atoms with Crippen LogP contribution in [0.4, 0.5) is 0 Å². The SMILES string of the molecule is CNC(=O)c1cc(-c2ccccc2)nc2ccccc12.Cl.Cl. The number of benzene rings is 2. The Labute approximate surface area is 141 Å². The van der Waals surface area contributed by atoms with E-state index in [0.717, 1.165) is 22.2 Å². The van der Waals surface area contributed by atoms with Crippen LogP contribution in [-0.4, -0.2) is 17.9 Å². The van der Waals surface area contributed by atoms with Gasteiger partial charge in [-0.1, -0.05) is 48.5 Å². The molecule has 0 aliphatic rings. The van der Waals surface area contributed by atoms with Gasteiger partial charge in [-0.25, -0.2) is 4.98 Å². The number of hydrogen-bond donors (Lipinski definition) is 1. The summed E-state index contributed by atoms with van der Waals surface area (Å²) in [6.45, 7) is 0. The summed E-state index contributed by atoms with van der Waals surface area (Å²) >= 11 is 0. The van der Waals surface area contributed by atoms with Gasteiger partial charge in [-0.05, 0) is 12.1 Å². The summed E-state index contributed by atoms with van der Waals surface area (Å²) in [6.07, 6.45) is 0. The predicted molar refractivity (Wildman–Crippen MR) is 95.1 cm³/mol. The molecule has 1 N–H and O–H groups in total. The number of nitrogens with one attached hydrogen (secondary N) is 1. The van der Waals surface area contributed by atoms with Gasteiger partial charge < -0.3 is 5.32 Å². The molecule has 1 amide bonds. The fourth-order valence-electron chi connectivity index (χ4n) is 2.25. The molecule has 2 aromatic carbocycles. The quantitative estimate of drug-likeness (QED) is 0.766. The lowest BCUT2D eigenvalue weighted by molar-refractivity contribution is 0.0964.